The van der Waals surface area contributed by atoms with Crippen LogP contribution in [0, 0.1) is 5.41 Å². The highest BCUT2D eigenvalue weighted by Gasteiger charge is 2.24. The SMILES string of the molecule is C=CCCCCC(CC)(CN)CO. The molecule has 0 aromatic rings. The van der Waals surface area contributed by atoms with Crippen molar-refractivity contribution in [3.05, 3.63) is 12.7 Å². The Morgan fingerprint density at radius 2 is 2.15 bits per heavy atom. The monoisotopic (exact) mass is 185 g/mol. The lowest BCUT2D eigenvalue weighted by atomic mass is 9.81. The molecule has 0 aromatic carbocycles. The van der Waals surface area contributed by atoms with Crippen molar-refractivity contribution in [2.24, 2.45) is 11.1 Å². The Bertz CT molecular complexity index is 122. The van der Waals surface area contributed by atoms with Gasteiger partial charge in [-0.2, -0.15) is 0 Å². The largest absolute Gasteiger partial charge is 0.396 e. The molecule has 0 aliphatic carbocycles. The summed E-state index contributed by atoms with van der Waals surface area (Å²) in [5, 5.41) is 9.23. The van der Waals surface area contributed by atoms with E-state index >= 15 is 0 Å². The number of aliphatic hydroxyl groups is 1. The van der Waals surface area contributed by atoms with E-state index in [2.05, 4.69) is 13.5 Å². The summed E-state index contributed by atoms with van der Waals surface area (Å²) in [6, 6.07) is 0. The standard InChI is InChI=1S/C11H23NO/c1-3-5-6-7-8-11(4-2,9-12)10-13/h3,13H,1,4-10,12H2,2H3. The second-order valence-electron chi connectivity index (χ2n) is 3.75. The second kappa shape index (κ2) is 7.10. The molecule has 2 nitrogen and oxygen atoms in total. The maximum Gasteiger partial charge on any atom is 0.0499 e. The van der Waals surface area contributed by atoms with Gasteiger partial charge < -0.3 is 10.8 Å². The van der Waals surface area contributed by atoms with E-state index in [0.29, 0.717) is 6.54 Å². The summed E-state index contributed by atoms with van der Waals surface area (Å²) in [5.41, 5.74) is 5.64. The fourth-order valence-corrected chi connectivity index (χ4v) is 1.47. The number of allylic oxidation sites excluding steroid dienone is 1. The van der Waals surface area contributed by atoms with Crippen LogP contribution in [-0.4, -0.2) is 18.3 Å². The highest BCUT2D eigenvalue weighted by molar-refractivity contribution is 4.78. The Labute approximate surface area is 81.8 Å². The van der Waals surface area contributed by atoms with E-state index in [1.54, 1.807) is 0 Å². The van der Waals surface area contributed by atoms with E-state index in [-0.39, 0.29) is 12.0 Å². The maximum absolute atomic E-state index is 9.23. The molecule has 0 spiro atoms. The normalized spacial score (nSPS) is 15.3. The minimum Gasteiger partial charge on any atom is -0.396 e. The lowest BCUT2D eigenvalue weighted by Gasteiger charge is -2.28. The predicted molar refractivity (Wildman–Crippen MR) is 57.5 cm³/mol. The summed E-state index contributed by atoms with van der Waals surface area (Å²) in [4.78, 5) is 0. The molecular weight excluding hydrogens is 162 g/mol. The molecule has 0 amide bonds. The topological polar surface area (TPSA) is 46.2 Å². The van der Waals surface area contributed by atoms with Crippen molar-refractivity contribution in [1.82, 2.24) is 0 Å². The first-order valence-corrected chi connectivity index (χ1v) is 5.16. The molecule has 0 rings (SSSR count). The number of hydrogen-bond donors (Lipinski definition) is 2. The van der Waals surface area contributed by atoms with Crippen LogP contribution in [0.2, 0.25) is 0 Å². The third-order valence-corrected chi connectivity index (χ3v) is 2.88. The van der Waals surface area contributed by atoms with E-state index < -0.39 is 0 Å². The third-order valence-electron chi connectivity index (χ3n) is 2.88. The van der Waals surface area contributed by atoms with Gasteiger partial charge in [0.25, 0.3) is 0 Å². The molecule has 0 radical (unpaired) electrons. The number of hydrogen-bond acceptors (Lipinski definition) is 2. The third kappa shape index (κ3) is 4.44. The van der Waals surface area contributed by atoms with Gasteiger partial charge in [-0.15, -0.1) is 6.58 Å². The molecule has 0 fully saturated rings. The second-order valence-corrected chi connectivity index (χ2v) is 3.75. The quantitative estimate of drug-likeness (QED) is 0.449. The summed E-state index contributed by atoms with van der Waals surface area (Å²) in [5.74, 6) is 0. The maximum atomic E-state index is 9.23. The summed E-state index contributed by atoms with van der Waals surface area (Å²) in [7, 11) is 0. The van der Waals surface area contributed by atoms with Crippen LogP contribution in [0.1, 0.15) is 39.0 Å². The van der Waals surface area contributed by atoms with Crippen LogP contribution in [0.25, 0.3) is 0 Å². The van der Waals surface area contributed by atoms with Gasteiger partial charge in [0.15, 0.2) is 0 Å². The highest BCUT2D eigenvalue weighted by Crippen LogP contribution is 2.26. The molecule has 0 aromatic heterocycles. The highest BCUT2D eigenvalue weighted by atomic mass is 16.3. The zero-order valence-electron chi connectivity index (χ0n) is 8.76. The van der Waals surface area contributed by atoms with Gasteiger partial charge in [-0.05, 0) is 25.7 Å². The first-order valence-electron chi connectivity index (χ1n) is 5.16. The van der Waals surface area contributed by atoms with Gasteiger partial charge in [-0.3, -0.25) is 0 Å². The Balaban J connectivity index is 3.74. The lowest BCUT2D eigenvalue weighted by molar-refractivity contribution is 0.115. The minimum atomic E-state index is -0.0266. The molecule has 0 saturated heterocycles. The minimum absolute atomic E-state index is 0.0266. The van der Waals surface area contributed by atoms with Crippen LogP contribution in [0.3, 0.4) is 0 Å². The summed E-state index contributed by atoms with van der Waals surface area (Å²) in [6.45, 7) is 6.58. The predicted octanol–water partition coefficient (Wildman–Crippen LogP) is 2.08. The summed E-state index contributed by atoms with van der Waals surface area (Å²) in [6.07, 6.45) is 7.30. The zero-order chi connectivity index (χ0) is 10.2. The van der Waals surface area contributed by atoms with Crippen molar-refractivity contribution in [3.63, 3.8) is 0 Å². The average Bonchev–Trinajstić information content (AvgIpc) is 2.20. The van der Waals surface area contributed by atoms with Gasteiger partial charge in [0.2, 0.25) is 0 Å². The van der Waals surface area contributed by atoms with E-state index in [9.17, 15) is 5.11 Å². The first-order chi connectivity index (χ1) is 6.24. The van der Waals surface area contributed by atoms with Crippen LogP contribution in [-0.2, 0) is 0 Å². The van der Waals surface area contributed by atoms with E-state index in [1.807, 2.05) is 6.08 Å². The van der Waals surface area contributed by atoms with Crippen LogP contribution in [0.4, 0.5) is 0 Å². The summed E-state index contributed by atoms with van der Waals surface area (Å²) < 4.78 is 0. The first kappa shape index (κ1) is 12.7. The lowest BCUT2D eigenvalue weighted by Crippen LogP contribution is -2.33. The van der Waals surface area contributed by atoms with E-state index in [4.69, 9.17) is 5.73 Å². The molecule has 78 valence electrons. The van der Waals surface area contributed by atoms with Crippen LogP contribution in [0.5, 0.6) is 0 Å². The van der Waals surface area contributed by atoms with Gasteiger partial charge in [0.05, 0.1) is 0 Å². The number of unbranched alkanes of at least 4 members (excludes halogenated alkanes) is 2. The Kier molecular flexibility index (Phi) is 6.92. The Morgan fingerprint density at radius 1 is 1.46 bits per heavy atom. The molecular formula is C11H23NO. The molecule has 0 saturated carbocycles. The van der Waals surface area contributed by atoms with Crippen LogP contribution >= 0.6 is 0 Å². The van der Waals surface area contributed by atoms with Gasteiger partial charge in [0.1, 0.15) is 0 Å². The molecule has 3 N–H and O–H groups in total. The van der Waals surface area contributed by atoms with Crippen molar-refractivity contribution >= 4 is 0 Å². The Hall–Kier alpha value is -0.340. The Morgan fingerprint density at radius 3 is 2.54 bits per heavy atom. The molecule has 13 heavy (non-hydrogen) atoms. The van der Waals surface area contributed by atoms with Gasteiger partial charge >= 0.3 is 0 Å². The average molecular weight is 185 g/mol. The van der Waals surface area contributed by atoms with Gasteiger partial charge in [0, 0.05) is 18.6 Å². The number of rotatable bonds is 8. The number of nitrogens with two attached hydrogens (primary N) is 1. The fourth-order valence-electron chi connectivity index (χ4n) is 1.47. The van der Waals surface area contributed by atoms with E-state index in [0.717, 1.165) is 32.1 Å². The van der Waals surface area contributed by atoms with Gasteiger partial charge in [-0.1, -0.05) is 19.4 Å². The zero-order valence-corrected chi connectivity index (χ0v) is 8.76. The fraction of sp³-hybridized carbons (Fsp3) is 0.818. The molecule has 0 bridgehead atoms. The van der Waals surface area contributed by atoms with Crippen molar-refractivity contribution < 1.29 is 5.11 Å². The van der Waals surface area contributed by atoms with E-state index in [1.165, 1.54) is 0 Å². The van der Waals surface area contributed by atoms with Crippen molar-refractivity contribution in [1.29, 1.82) is 0 Å². The molecule has 0 aliphatic heterocycles. The van der Waals surface area contributed by atoms with Crippen molar-refractivity contribution in [2.45, 2.75) is 39.0 Å². The molecule has 0 heterocycles. The molecule has 1 unspecified atom stereocenters. The van der Waals surface area contributed by atoms with Crippen molar-refractivity contribution in [2.75, 3.05) is 13.2 Å². The molecule has 1 atom stereocenters. The molecule has 0 aliphatic rings. The number of aliphatic hydroxyl groups excluding tert-OH is 1. The molecule has 2 heteroatoms. The van der Waals surface area contributed by atoms with Crippen LogP contribution in [0.15, 0.2) is 12.7 Å². The van der Waals surface area contributed by atoms with Crippen molar-refractivity contribution in [3.8, 4) is 0 Å². The van der Waals surface area contributed by atoms with Crippen LogP contribution < -0.4 is 5.73 Å². The van der Waals surface area contributed by atoms with Gasteiger partial charge in [-0.25, -0.2) is 0 Å². The smallest absolute Gasteiger partial charge is 0.0499 e. The summed E-state index contributed by atoms with van der Waals surface area (Å²) >= 11 is 0.